The number of hydrogen-bond acceptors (Lipinski definition) is 4. The Morgan fingerprint density at radius 2 is 1.95 bits per heavy atom. The maximum absolute atomic E-state index is 12.0. The summed E-state index contributed by atoms with van der Waals surface area (Å²) in [6.07, 6.45) is 0.495. The van der Waals surface area contributed by atoms with Crippen LogP contribution in [0.2, 0.25) is 0 Å². The van der Waals surface area contributed by atoms with Gasteiger partial charge in [0.2, 0.25) is 0 Å². The molecule has 3 atom stereocenters. The van der Waals surface area contributed by atoms with E-state index in [4.69, 9.17) is 0 Å². The molecule has 1 aromatic carbocycles. The van der Waals surface area contributed by atoms with Gasteiger partial charge in [-0.15, -0.1) is 0 Å². The van der Waals surface area contributed by atoms with Crippen LogP contribution >= 0.6 is 0 Å². The summed E-state index contributed by atoms with van der Waals surface area (Å²) in [6, 6.07) is 9.21. The van der Waals surface area contributed by atoms with E-state index in [9.17, 15) is 18.5 Å². The average Bonchev–Trinajstić information content (AvgIpc) is 3.10. The van der Waals surface area contributed by atoms with Gasteiger partial charge >= 0.3 is 0 Å². The molecule has 0 heterocycles. The Kier molecular flexibility index (Phi) is 3.23. The zero-order valence-electron chi connectivity index (χ0n) is 10.8. The number of rotatable bonds is 4. The molecule has 100 valence electrons. The lowest BCUT2D eigenvalue weighted by Gasteiger charge is -2.01. The lowest BCUT2D eigenvalue weighted by molar-refractivity contribution is -0.110. The number of benzene rings is 1. The van der Waals surface area contributed by atoms with Crippen LogP contribution in [0.1, 0.15) is 24.0 Å². The van der Waals surface area contributed by atoms with E-state index < -0.39 is 26.4 Å². The highest BCUT2D eigenvalue weighted by Crippen LogP contribution is 2.61. The first kappa shape index (κ1) is 13.8. The van der Waals surface area contributed by atoms with Crippen LogP contribution in [-0.2, 0) is 14.6 Å². The number of hydrogen-bond donors (Lipinski definition) is 0. The molecule has 0 radical (unpaired) electrons. The van der Waals surface area contributed by atoms with Crippen LogP contribution in [0.5, 0.6) is 0 Å². The van der Waals surface area contributed by atoms with Crippen LogP contribution in [0.25, 0.3) is 0 Å². The Morgan fingerprint density at radius 1 is 1.37 bits per heavy atom. The molecule has 0 bridgehead atoms. The minimum absolute atomic E-state index is 0.0582. The molecular weight excluding hydrogens is 262 g/mol. The number of nitriles is 1. The van der Waals surface area contributed by atoms with Crippen molar-refractivity contribution in [2.45, 2.75) is 25.0 Å². The van der Waals surface area contributed by atoms with Crippen LogP contribution in [0, 0.1) is 23.7 Å². The van der Waals surface area contributed by atoms with Gasteiger partial charge in [0.05, 0.1) is 11.3 Å². The highest BCUT2D eigenvalue weighted by molar-refractivity contribution is 7.92. The standard InChI is InChI=1S/C14H15NO3S/c1-3-19(17,18)13-12(14(13,8-15)9-16)11-6-4-10(2)5-7-11/h4-7,9,12-13H,3H2,1-2H3/t12-,13+,14-/m0/s1. The molecule has 0 saturated heterocycles. The summed E-state index contributed by atoms with van der Waals surface area (Å²) in [5.41, 5.74) is 0.374. The monoisotopic (exact) mass is 277 g/mol. The number of aryl methyl sites for hydroxylation is 1. The van der Waals surface area contributed by atoms with Gasteiger partial charge in [0.25, 0.3) is 0 Å². The largest absolute Gasteiger partial charge is 0.302 e. The van der Waals surface area contributed by atoms with Crippen LogP contribution in [0.3, 0.4) is 0 Å². The first-order chi connectivity index (χ1) is 8.93. The molecule has 0 N–H and O–H groups in total. The Morgan fingerprint density at radius 3 is 2.37 bits per heavy atom. The SMILES string of the molecule is CCS(=O)(=O)[C@@H]1[C@H](c2ccc(C)cc2)[C@]1(C#N)C=O. The van der Waals surface area contributed by atoms with Crippen molar-refractivity contribution < 1.29 is 13.2 Å². The molecule has 0 unspecified atom stereocenters. The van der Waals surface area contributed by atoms with E-state index in [1.807, 2.05) is 25.1 Å². The second-order valence-electron chi connectivity index (χ2n) is 4.92. The molecule has 1 aliphatic rings. The Bertz CT molecular complexity index is 642. The molecule has 0 aromatic heterocycles. The number of sulfone groups is 1. The second kappa shape index (κ2) is 4.46. The zero-order chi connectivity index (χ0) is 14.3. The minimum Gasteiger partial charge on any atom is -0.302 e. The van der Waals surface area contributed by atoms with Crippen LogP contribution in [-0.4, -0.2) is 25.7 Å². The quantitative estimate of drug-likeness (QED) is 0.783. The first-order valence-electron chi connectivity index (χ1n) is 6.08. The van der Waals surface area contributed by atoms with Gasteiger partial charge in [0.15, 0.2) is 9.84 Å². The van der Waals surface area contributed by atoms with E-state index in [-0.39, 0.29) is 5.75 Å². The third kappa shape index (κ3) is 1.96. The predicted octanol–water partition coefficient (Wildman–Crippen LogP) is 1.60. The van der Waals surface area contributed by atoms with Crippen molar-refractivity contribution in [2.24, 2.45) is 5.41 Å². The van der Waals surface area contributed by atoms with Crippen molar-refractivity contribution in [1.82, 2.24) is 0 Å². The normalized spacial score (nSPS) is 29.5. The molecule has 5 heteroatoms. The Hall–Kier alpha value is -1.67. The van der Waals surface area contributed by atoms with Crippen molar-refractivity contribution >= 4 is 16.1 Å². The molecular formula is C14H15NO3S. The van der Waals surface area contributed by atoms with E-state index in [1.54, 1.807) is 12.1 Å². The molecule has 1 saturated carbocycles. The smallest absolute Gasteiger partial charge is 0.155 e. The molecule has 0 amide bonds. The lowest BCUT2D eigenvalue weighted by Crippen LogP contribution is -2.17. The average molecular weight is 277 g/mol. The van der Waals surface area contributed by atoms with Crippen molar-refractivity contribution in [3.05, 3.63) is 35.4 Å². The number of aldehydes is 1. The van der Waals surface area contributed by atoms with Crippen molar-refractivity contribution in [2.75, 3.05) is 5.75 Å². The lowest BCUT2D eigenvalue weighted by atomic mass is 10.0. The van der Waals surface area contributed by atoms with Gasteiger partial charge < -0.3 is 4.79 Å². The maximum Gasteiger partial charge on any atom is 0.155 e. The maximum atomic E-state index is 12.0. The van der Waals surface area contributed by atoms with Gasteiger partial charge in [-0.25, -0.2) is 8.42 Å². The molecule has 0 spiro atoms. The fraction of sp³-hybridized carbons (Fsp3) is 0.429. The van der Waals surface area contributed by atoms with Gasteiger partial charge in [-0.3, -0.25) is 0 Å². The fourth-order valence-corrected chi connectivity index (χ4v) is 4.51. The molecule has 1 aromatic rings. The van der Waals surface area contributed by atoms with Crippen molar-refractivity contribution in [1.29, 1.82) is 5.26 Å². The van der Waals surface area contributed by atoms with Crippen LogP contribution in [0.15, 0.2) is 24.3 Å². The van der Waals surface area contributed by atoms with Gasteiger partial charge in [-0.2, -0.15) is 5.26 Å². The van der Waals surface area contributed by atoms with Crippen LogP contribution in [0.4, 0.5) is 0 Å². The topological polar surface area (TPSA) is 75.0 Å². The summed E-state index contributed by atoms with van der Waals surface area (Å²) >= 11 is 0. The summed E-state index contributed by atoms with van der Waals surface area (Å²) in [7, 11) is -3.42. The third-order valence-corrected chi connectivity index (χ3v) is 6.03. The molecule has 4 nitrogen and oxygen atoms in total. The van der Waals surface area contributed by atoms with E-state index in [1.165, 1.54) is 6.92 Å². The van der Waals surface area contributed by atoms with E-state index in [0.717, 1.165) is 11.1 Å². The zero-order valence-corrected chi connectivity index (χ0v) is 11.6. The summed E-state index contributed by atoms with van der Waals surface area (Å²) in [5.74, 6) is -0.599. The number of carbonyl (C=O) groups is 1. The highest BCUT2D eigenvalue weighted by Gasteiger charge is 2.72. The Balaban J connectivity index is 2.49. The summed E-state index contributed by atoms with van der Waals surface area (Å²) in [5, 5.41) is 8.32. The molecule has 1 aliphatic carbocycles. The van der Waals surface area contributed by atoms with Crippen LogP contribution < -0.4 is 0 Å². The fourth-order valence-electron chi connectivity index (χ4n) is 2.58. The summed E-state index contributed by atoms with van der Waals surface area (Å²) in [4.78, 5) is 11.3. The van der Waals surface area contributed by atoms with Gasteiger partial charge in [0, 0.05) is 11.7 Å². The predicted molar refractivity (Wildman–Crippen MR) is 71.3 cm³/mol. The highest BCUT2D eigenvalue weighted by atomic mass is 32.2. The summed E-state index contributed by atoms with van der Waals surface area (Å²) < 4.78 is 24.1. The molecule has 2 rings (SSSR count). The van der Waals surface area contributed by atoms with Gasteiger partial charge in [0.1, 0.15) is 11.7 Å². The number of nitrogens with zero attached hydrogens (tertiary/aromatic N) is 1. The first-order valence-corrected chi connectivity index (χ1v) is 7.80. The van der Waals surface area contributed by atoms with E-state index in [2.05, 4.69) is 0 Å². The Labute approximate surface area is 113 Å². The van der Waals surface area contributed by atoms with E-state index in [0.29, 0.717) is 6.29 Å². The number of carbonyl (C=O) groups excluding carboxylic acids is 1. The van der Waals surface area contributed by atoms with Gasteiger partial charge in [-0.05, 0) is 12.5 Å². The minimum atomic E-state index is -3.42. The molecule has 19 heavy (non-hydrogen) atoms. The molecule has 0 aliphatic heterocycles. The van der Waals surface area contributed by atoms with E-state index >= 15 is 0 Å². The second-order valence-corrected chi connectivity index (χ2v) is 7.33. The van der Waals surface area contributed by atoms with Crippen molar-refractivity contribution in [3.63, 3.8) is 0 Å². The molecule has 1 fully saturated rings. The van der Waals surface area contributed by atoms with Gasteiger partial charge in [-0.1, -0.05) is 36.8 Å². The van der Waals surface area contributed by atoms with Crippen molar-refractivity contribution in [3.8, 4) is 6.07 Å². The third-order valence-electron chi connectivity index (χ3n) is 3.79. The summed E-state index contributed by atoms with van der Waals surface area (Å²) in [6.45, 7) is 3.46.